The molecule has 0 bridgehead atoms. The summed E-state index contributed by atoms with van der Waals surface area (Å²) in [6, 6.07) is 12.0. The van der Waals surface area contributed by atoms with E-state index in [1.165, 1.54) is 11.8 Å². The molecule has 0 aromatic heterocycles. The molecule has 0 saturated carbocycles. The third-order valence-electron chi connectivity index (χ3n) is 4.55. The second-order valence-electron chi connectivity index (χ2n) is 6.77. The van der Waals surface area contributed by atoms with Gasteiger partial charge in [-0.1, -0.05) is 66.0 Å². The summed E-state index contributed by atoms with van der Waals surface area (Å²) in [6.45, 7) is 4.53. The van der Waals surface area contributed by atoms with Gasteiger partial charge in [-0.25, -0.2) is 0 Å². The van der Waals surface area contributed by atoms with Crippen molar-refractivity contribution in [3.63, 3.8) is 0 Å². The topological polar surface area (TPSA) is 49.4 Å². The van der Waals surface area contributed by atoms with E-state index in [1.54, 1.807) is 36.1 Å². The van der Waals surface area contributed by atoms with Crippen LogP contribution in [-0.4, -0.2) is 35.1 Å². The van der Waals surface area contributed by atoms with E-state index in [4.69, 9.17) is 34.8 Å². The van der Waals surface area contributed by atoms with Gasteiger partial charge in [0.25, 0.3) is 0 Å². The minimum Gasteiger partial charge on any atom is -0.354 e. The summed E-state index contributed by atoms with van der Waals surface area (Å²) in [4.78, 5) is 27.1. The fourth-order valence-corrected chi connectivity index (χ4v) is 4.62. The molecule has 8 heteroatoms. The van der Waals surface area contributed by atoms with Crippen LogP contribution >= 0.6 is 46.6 Å². The molecule has 4 nitrogen and oxygen atoms in total. The molecular weight excluding hydrogens is 463 g/mol. The van der Waals surface area contributed by atoms with Crippen LogP contribution in [0.15, 0.2) is 42.5 Å². The Kier molecular flexibility index (Phi) is 10.3. The Bertz CT molecular complexity index is 859. The highest BCUT2D eigenvalue weighted by Gasteiger charge is 2.26. The summed E-state index contributed by atoms with van der Waals surface area (Å²) < 4.78 is 0. The molecule has 0 saturated heterocycles. The number of rotatable bonds is 10. The number of carbonyl (C=O) groups excluding carboxylic acids is 2. The summed E-state index contributed by atoms with van der Waals surface area (Å²) in [5.41, 5.74) is 1.59. The quantitative estimate of drug-likeness (QED) is 0.459. The molecule has 0 spiro atoms. The monoisotopic (exact) mass is 486 g/mol. The van der Waals surface area contributed by atoms with Gasteiger partial charge >= 0.3 is 0 Å². The molecule has 0 aliphatic rings. The molecule has 0 radical (unpaired) electrons. The van der Waals surface area contributed by atoms with Gasteiger partial charge in [-0.05, 0) is 42.7 Å². The Morgan fingerprint density at radius 3 is 2.30 bits per heavy atom. The van der Waals surface area contributed by atoms with Crippen molar-refractivity contribution in [1.82, 2.24) is 10.2 Å². The fourth-order valence-electron chi connectivity index (χ4n) is 2.78. The first kappa shape index (κ1) is 24.9. The van der Waals surface area contributed by atoms with Crippen molar-refractivity contribution in [2.45, 2.75) is 38.6 Å². The standard InChI is InChI=1S/C22H25Cl3N2O2S/c1-3-11-26-22(29)15(2)27(12-16-7-4-5-8-18(16)23)21(28)14-30-13-17-19(24)9-6-10-20(17)25/h4-10,15H,3,11-14H2,1-2H3,(H,26,29). The van der Waals surface area contributed by atoms with Gasteiger partial charge in [-0.2, -0.15) is 0 Å². The van der Waals surface area contributed by atoms with Crippen LogP contribution < -0.4 is 5.32 Å². The summed E-state index contributed by atoms with van der Waals surface area (Å²) in [7, 11) is 0. The Morgan fingerprint density at radius 2 is 1.67 bits per heavy atom. The van der Waals surface area contributed by atoms with Gasteiger partial charge < -0.3 is 10.2 Å². The zero-order chi connectivity index (χ0) is 22.1. The SMILES string of the molecule is CCCNC(=O)C(C)N(Cc1ccccc1Cl)C(=O)CSCc1c(Cl)cccc1Cl. The Hall–Kier alpha value is -1.40. The highest BCUT2D eigenvalue weighted by atomic mass is 35.5. The molecule has 162 valence electrons. The summed E-state index contributed by atoms with van der Waals surface area (Å²) in [5.74, 6) is 0.358. The van der Waals surface area contributed by atoms with E-state index in [0.29, 0.717) is 27.4 Å². The first-order valence-electron chi connectivity index (χ1n) is 9.66. The Labute approximate surface area is 197 Å². The molecule has 0 heterocycles. The normalized spacial score (nSPS) is 11.8. The maximum absolute atomic E-state index is 13.1. The summed E-state index contributed by atoms with van der Waals surface area (Å²) in [6.07, 6.45) is 0.825. The third-order valence-corrected chi connectivity index (χ3v) is 6.57. The zero-order valence-electron chi connectivity index (χ0n) is 17.0. The van der Waals surface area contributed by atoms with Crippen LogP contribution in [0, 0.1) is 0 Å². The average molecular weight is 488 g/mol. The number of carbonyl (C=O) groups is 2. The lowest BCUT2D eigenvalue weighted by molar-refractivity contribution is -0.138. The van der Waals surface area contributed by atoms with Gasteiger partial charge in [0.15, 0.2) is 0 Å². The highest BCUT2D eigenvalue weighted by molar-refractivity contribution is 7.99. The molecule has 0 fully saturated rings. The van der Waals surface area contributed by atoms with Crippen LogP contribution in [0.5, 0.6) is 0 Å². The van der Waals surface area contributed by atoms with Gasteiger partial charge in [0.05, 0.1) is 5.75 Å². The summed E-state index contributed by atoms with van der Waals surface area (Å²) in [5, 5.41) is 4.56. The van der Waals surface area contributed by atoms with Gasteiger partial charge in [0.1, 0.15) is 6.04 Å². The van der Waals surface area contributed by atoms with Gasteiger partial charge in [0, 0.05) is 33.9 Å². The molecule has 2 aromatic rings. The van der Waals surface area contributed by atoms with Crippen LogP contribution in [0.4, 0.5) is 0 Å². The maximum Gasteiger partial charge on any atom is 0.242 e. The largest absolute Gasteiger partial charge is 0.354 e. The van der Waals surface area contributed by atoms with E-state index >= 15 is 0 Å². The van der Waals surface area contributed by atoms with Crippen molar-refractivity contribution in [1.29, 1.82) is 0 Å². The minimum atomic E-state index is -0.621. The number of benzene rings is 2. The van der Waals surface area contributed by atoms with Crippen LogP contribution in [-0.2, 0) is 21.9 Å². The first-order chi connectivity index (χ1) is 14.3. The smallest absolute Gasteiger partial charge is 0.242 e. The van der Waals surface area contributed by atoms with Crippen molar-refractivity contribution < 1.29 is 9.59 Å². The van der Waals surface area contributed by atoms with E-state index in [1.807, 2.05) is 25.1 Å². The van der Waals surface area contributed by atoms with Crippen molar-refractivity contribution >= 4 is 58.4 Å². The predicted octanol–water partition coefficient (Wildman–Crippen LogP) is 5.82. The lowest BCUT2D eigenvalue weighted by atomic mass is 10.1. The van der Waals surface area contributed by atoms with Crippen molar-refractivity contribution in [3.05, 3.63) is 68.7 Å². The number of hydrogen-bond acceptors (Lipinski definition) is 3. The van der Waals surface area contributed by atoms with E-state index < -0.39 is 6.04 Å². The predicted molar refractivity (Wildman–Crippen MR) is 127 cm³/mol. The molecule has 2 amide bonds. The molecule has 0 aliphatic carbocycles. The van der Waals surface area contributed by atoms with Gasteiger partial charge in [-0.15, -0.1) is 11.8 Å². The van der Waals surface area contributed by atoms with Crippen molar-refractivity contribution in [3.8, 4) is 0 Å². The van der Waals surface area contributed by atoms with Gasteiger partial charge in [0.2, 0.25) is 11.8 Å². The number of hydrogen-bond donors (Lipinski definition) is 1. The molecule has 1 N–H and O–H groups in total. The maximum atomic E-state index is 13.1. The number of halogens is 3. The van der Waals surface area contributed by atoms with E-state index in [-0.39, 0.29) is 24.1 Å². The van der Waals surface area contributed by atoms with Crippen LogP contribution in [0.3, 0.4) is 0 Å². The second kappa shape index (κ2) is 12.5. The Morgan fingerprint density at radius 1 is 1.03 bits per heavy atom. The highest BCUT2D eigenvalue weighted by Crippen LogP contribution is 2.28. The summed E-state index contributed by atoms with van der Waals surface area (Å²) >= 11 is 20.1. The van der Waals surface area contributed by atoms with E-state index in [2.05, 4.69) is 5.32 Å². The average Bonchev–Trinajstić information content (AvgIpc) is 2.72. The molecule has 2 aromatic carbocycles. The molecule has 1 unspecified atom stereocenters. The van der Waals surface area contributed by atoms with Gasteiger partial charge in [-0.3, -0.25) is 9.59 Å². The van der Waals surface area contributed by atoms with Crippen molar-refractivity contribution in [2.75, 3.05) is 12.3 Å². The third kappa shape index (κ3) is 7.09. The Balaban J connectivity index is 2.11. The zero-order valence-corrected chi connectivity index (χ0v) is 20.0. The van der Waals surface area contributed by atoms with Crippen molar-refractivity contribution in [2.24, 2.45) is 0 Å². The first-order valence-corrected chi connectivity index (χ1v) is 11.9. The van der Waals surface area contributed by atoms with Crippen LogP contribution in [0.2, 0.25) is 15.1 Å². The molecule has 30 heavy (non-hydrogen) atoms. The van der Waals surface area contributed by atoms with Crippen LogP contribution in [0.1, 0.15) is 31.4 Å². The minimum absolute atomic E-state index is 0.151. The molecule has 0 aliphatic heterocycles. The fraction of sp³-hybridized carbons (Fsp3) is 0.364. The number of thioether (sulfide) groups is 1. The van der Waals surface area contributed by atoms with E-state index in [0.717, 1.165) is 17.5 Å². The van der Waals surface area contributed by atoms with Crippen LogP contribution in [0.25, 0.3) is 0 Å². The molecular formula is C22H25Cl3N2O2S. The lowest BCUT2D eigenvalue weighted by Gasteiger charge is -2.29. The van der Waals surface area contributed by atoms with E-state index in [9.17, 15) is 9.59 Å². The number of amides is 2. The second-order valence-corrected chi connectivity index (χ2v) is 8.98. The number of nitrogens with one attached hydrogen (secondary N) is 1. The number of nitrogens with zero attached hydrogens (tertiary/aromatic N) is 1. The lowest BCUT2D eigenvalue weighted by Crippen LogP contribution is -2.48. The molecule has 2 rings (SSSR count). The molecule has 1 atom stereocenters.